The van der Waals surface area contributed by atoms with E-state index in [-0.39, 0.29) is 11.5 Å². The van der Waals surface area contributed by atoms with Crippen molar-refractivity contribution in [1.29, 1.82) is 0 Å². The summed E-state index contributed by atoms with van der Waals surface area (Å²) >= 11 is 0. The first-order valence-electron chi connectivity index (χ1n) is 12.1. The lowest BCUT2D eigenvalue weighted by atomic mass is 10.1. The Kier molecular flexibility index (Phi) is 9.87. The summed E-state index contributed by atoms with van der Waals surface area (Å²) in [4.78, 5) is 21.9. The molecule has 0 atom stereocenters. The lowest BCUT2D eigenvalue weighted by molar-refractivity contribution is 0.0330. The van der Waals surface area contributed by atoms with Gasteiger partial charge in [0.1, 0.15) is 11.6 Å². The fourth-order valence-corrected chi connectivity index (χ4v) is 4.83. The first-order chi connectivity index (χ1) is 16.2. The van der Waals surface area contributed by atoms with E-state index in [4.69, 9.17) is 4.74 Å². The van der Waals surface area contributed by atoms with Crippen LogP contribution in [0.1, 0.15) is 62.3 Å². The molecule has 188 valence electrons. The van der Waals surface area contributed by atoms with E-state index in [0.29, 0.717) is 31.5 Å². The number of sulfone groups is 1. The maximum absolute atomic E-state index is 11.3. The molecule has 34 heavy (non-hydrogen) atoms. The monoisotopic (exact) mass is 490 g/mol. The highest BCUT2D eigenvalue weighted by molar-refractivity contribution is 7.91. The molecular formula is C24H38N6O3S. The second-order valence-corrected chi connectivity index (χ2v) is 11.8. The molecule has 2 aromatic heterocycles. The van der Waals surface area contributed by atoms with Gasteiger partial charge in [0.25, 0.3) is 0 Å². The SMILES string of the molecule is CC(C)c1cnc(CN2CCOCC2)nc1.CC(C)c1cnc(CN2CCS(=O)(=O)CC2)nc1. The van der Waals surface area contributed by atoms with E-state index in [1.54, 1.807) is 0 Å². The lowest BCUT2D eigenvalue weighted by Crippen LogP contribution is -2.40. The molecule has 0 bridgehead atoms. The van der Waals surface area contributed by atoms with Crippen molar-refractivity contribution in [1.82, 2.24) is 29.7 Å². The Morgan fingerprint density at radius 2 is 1.12 bits per heavy atom. The van der Waals surface area contributed by atoms with Crippen LogP contribution in [0.15, 0.2) is 24.8 Å². The molecule has 2 fully saturated rings. The molecule has 0 unspecified atom stereocenters. The Morgan fingerprint density at radius 1 is 0.735 bits per heavy atom. The average molecular weight is 491 g/mol. The summed E-state index contributed by atoms with van der Waals surface area (Å²) in [6.45, 7) is 14.8. The Balaban J connectivity index is 0.000000192. The number of aromatic nitrogens is 4. The summed E-state index contributed by atoms with van der Waals surface area (Å²) in [5.74, 6) is 3.09. The predicted octanol–water partition coefficient (Wildman–Crippen LogP) is 2.26. The summed E-state index contributed by atoms with van der Waals surface area (Å²) in [7, 11) is -2.81. The quantitative estimate of drug-likeness (QED) is 0.603. The Bertz CT molecular complexity index is 961. The fourth-order valence-electron chi connectivity index (χ4n) is 3.56. The van der Waals surface area contributed by atoms with Gasteiger partial charge in [-0.1, -0.05) is 27.7 Å². The number of hydrogen-bond acceptors (Lipinski definition) is 9. The van der Waals surface area contributed by atoms with Gasteiger partial charge in [0.2, 0.25) is 0 Å². The van der Waals surface area contributed by atoms with Gasteiger partial charge in [0, 0.05) is 51.0 Å². The van der Waals surface area contributed by atoms with Crippen molar-refractivity contribution in [2.24, 2.45) is 0 Å². The van der Waals surface area contributed by atoms with Gasteiger partial charge in [-0.15, -0.1) is 0 Å². The third-order valence-corrected chi connectivity index (χ3v) is 7.66. The largest absolute Gasteiger partial charge is 0.379 e. The molecule has 9 nitrogen and oxygen atoms in total. The van der Waals surface area contributed by atoms with E-state index in [1.807, 2.05) is 24.8 Å². The van der Waals surface area contributed by atoms with Crippen molar-refractivity contribution >= 4 is 9.84 Å². The summed E-state index contributed by atoms with van der Waals surface area (Å²) in [5.41, 5.74) is 2.32. The standard InChI is InChI=1S/C12H19N3O2S.C12H19N3O/c1-10(2)11-7-13-12(14-8-11)9-15-3-5-18(16,17)6-4-15;1-10(2)11-7-13-12(14-8-11)9-15-3-5-16-6-4-15/h7-8,10H,3-6,9H2,1-2H3;7-8,10H,3-6,9H2,1-2H3. The maximum atomic E-state index is 11.3. The number of hydrogen-bond donors (Lipinski definition) is 0. The molecule has 2 aromatic rings. The summed E-state index contributed by atoms with van der Waals surface area (Å²) in [6.07, 6.45) is 7.59. The molecule has 0 aromatic carbocycles. The van der Waals surface area contributed by atoms with Crippen molar-refractivity contribution in [2.45, 2.75) is 52.6 Å². The number of ether oxygens (including phenoxy) is 1. The Labute approximate surface area is 203 Å². The second-order valence-electron chi connectivity index (χ2n) is 9.49. The molecule has 0 N–H and O–H groups in total. The molecule has 4 heterocycles. The second kappa shape index (κ2) is 12.6. The van der Waals surface area contributed by atoms with Crippen molar-refractivity contribution in [3.8, 4) is 0 Å². The van der Waals surface area contributed by atoms with Crippen LogP contribution in [0.5, 0.6) is 0 Å². The van der Waals surface area contributed by atoms with Crippen molar-refractivity contribution in [3.05, 3.63) is 47.6 Å². The first kappa shape index (κ1) is 26.6. The van der Waals surface area contributed by atoms with E-state index >= 15 is 0 Å². The number of rotatable bonds is 6. The summed E-state index contributed by atoms with van der Waals surface area (Å²) in [5, 5.41) is 0. The van der Waals surface area contributed by atoms with Crippen LogP contribution in [0.25, 0.3) is 0 Å². The van der Waals surface area contributed by atoms with E-state index in [9.17, 15) is 8.42 Å². The third kappa shape index (κ3) is 8.65. The molecular weight excluding hydrogens is 452 g/mol. The van der Waals surface area contributed by atoms with Gasteiger partial charge in [-0.05, 0) is 23.0 Å². The minimum atomic E-state index is -2.81. The molecule has 2 aliphatic rings. The smallest absolute Gasteiger partial charge is 0.152 e. The van der Waals surface area contributed by atoms with E-state index in [1.165, 1.54) is 5.56 Å². The van der Waals surface area contributed by atoms with Crippen LogP contribution in [-0.4, -0.2) is 89.1 Å². The van der Waals surface area contributed by atoms with Gasteiger partial charge in [-0.25, -0.2) is 28.4 Å². The predicted molar refractivity (Wildman–Crippen MR) is 132 cm³/mol. The van der Waals surface area contributed by atoms with Crippen molar-refractivity contribution in [2.75, 3.05) is 50.9 Å². The highest BCUT2D eigenvalue weighted by Gasteiger charge is 2.22. The van der Waals surface area contributed by atoms with Crippen LogP contribution in [-0.2, 0) is 27.7 Å². The van der Waals surface area contributed by atoms with Crippen molar-refractivity contribution < 1.29 is 13.2 Å². The Morgan fingerprint density at radius 3 is 1.50 bits per heavy atom. The molecule has 10 heteroatoms. The molecule has 0 amide bonds. The van der Waals surface area contributed by atoms with Crippen LogP contribution >= 0.6 is 0 Å². The highest BCUT2D eigenvalue weighted by Crippen LogP contribution is 2.13. The van der Waals surface area contributed by atoms with Gasteiger partial charge in [-0.3, -0.25) is 9.80 Å². The molecule has 0 radical (unpaired) electrons. The Hall–Kier alpha value is -2.01. The van der Waals surface area contributed by atoms with Gasteiger partial charge in [0.05, 0.1) is 37.8 Å². The van der Waals surface area contributed by atoms with Crippen LogP contribution in [0, 0.1) is 0 Å². The van der Waals surface area contributed by atoms with Gasteiger partial charge >= 0.3 is 0 Å². The van der Waals surface area contributed by atoms with Gasteiger partial charge < -0.3 is 4.74 Å². The topological polar surface area (TPSA) is 101 Å². The zero-order valence-electron chi connectivity index (χ0n) is 20.9. The molecule has 0 saturated carbocycles. The van der Waals surface area contributed by atoms with E-state index < -0.39 is 9.84 Å². The molecule has 0 aliphatic carbocycles. The fraction of sp³-hybridized carbons (Fsp3) is 0.667. The average Bonchev–Trinajstić information content (AvgIpc) is 2.82. The summed E-state index contributed by atoms with van der Waals surface area (Å²) in [6, 6.07) is 0. The number of morpholine rings is 1. The van der Waals surface area contributed by atoms with Crippen LogP contribution < -0.4 is 0 Å². The normalized spacial score (nSPS) is 19.1. The van der Waals surface area contributed by atoms with Crippen LogP contribution in [0.4, 0.5) is 0 Å². The third-order valence-electron chi connectivity index (χ3n) is 6.05. The van der Waals surface area contributed by atoms with E-state index in [2.05, 4.69) is 57.4 Å². The zero-order chi connectivity index (χ0) is 24.6. The maximum Gasteiger partial charge on any atom is 0.152 e. The van der Waals surface area contributed by atoms with Gasteiger partial charge in [0.15, 0.2) is 9.84 Å². The first-order valence-corrected chi connectivity index (χ1v) is 13.9. The van der Waals surface area contributed by atoms with Crippen molar-refractivity contribution in [3.63, 3.8) is 0 Å². The zero-order valence-corrected chi connectivity index (χ0v) is 21.7. The van der Waals surface area contributed by atoms with Gasteiger partial charge in [-0.2, -0.15) is 0 Å². The van der Waals surface area contributed by atoms with E-state index in [0.717, 1.165) is 50.1 Å². The molecule has 0 spiro atoms. The van der Waals surface area contributed by atoms with Crippen LogP contribution in [0.2, 0.25) is 0 Å². The highest BCUT2D eigenvalue weighted by atomic mass is 32.2. The van der Waals surface area contributed by atoms with Crippen LogP contribution in [0.3, 0.4) is 0 Å². The number of nitrogens with zero attached hydrogens (tertiary/aromatic N) is 6. The summed E-state index contributed by atoms with van der Waals surface area (Å²) < 4.78 is 27.9. The lowest BCUT2D eigenvalue weighted by Gasteiger charge is -2.25. The minimum absolute atomic E-state index is 0.247. The minimum Gasteiger partial charge on any atom is -0.379 e. The molecule has 2 saturated heterocycles. The molecule has 2 aliphatic heterocycles. The molecule has 4 rings (SSSR count).